The monoisotopic (exact) mass is 810 g/mol. The van der Waals surface area contributed by atoms with Crippen molar-refractivity contribution in [2.75, 3.05) is 0 Å². The first-order valence-corrected chi connectivity index (χ1v) is 21.5. The van der Waals surface area contributed by atoms with E-state index >= 15 is 13.2 Å². The molecule has 0 fully saturated rings. The van der Waals surface area contributed by atoms with Gasteiger partial charge in [-0.25, -0.2) is 0 Å². The smallest absolute Gasteiger partial charge is 0.170 e. The van der Waals surface area contributed by atoms with E-state index in [-0.39, 0.29) is 21.8 Å². The van der Waals surface area contributed by atoms with Crippen molar-refractivity contribution in [1.82, 2.24) is 0 Å². The number of fused-ring (bicyclic) bond motifs is 3. The van der Waals surface area contributed by atoms with E-state index in [9.17, 15) is 0 Å². The Morgan fingerprint density at radius 2 is 0.738 bits per heavy atom. The molecule has 0 unspecified atom stereocenters. The molecule has 8 aromatic rings. The molecule has 0 nitrogen and oxygen atoms in total. The third kappa shape index (κ3) is 7.56. The zero-order chi connectivity index (χ0) is 43.9. The lowest BCUT2D eigenvalue weighted by Gasteiger charge is -2.31. The SMILES string of the molecule is CC(C)(C)c1ccc(-c2cc(C(C)(C)C(F)(F)F)cc3c(-c4ccccc4)c4c(-c5ccc(C(C)(C)C)cc5)c5ccc(C(C)(C)C)cc5cc4c(-c4ccccc4)c23)cc1. The van der Waals surface area contributed by atoms with Gasteiger partial charge in [0.2, 0.25) is 0 Å². The van der Waals surface area contributed by atoms with E-state index in [1.54, 1.807) is 0 Å². The van der Waals surface area contributed by atoms with E-state index < -0.39 is 11.6 Å². The zero-order valence-electron chi connectivity index (χ0n) is 37.5. The standard InChI is InChI=1S/C58H57F3/c1-54(2,3)41-26-22-36(23-27-41)46-34-44(57(10,11)58(59,60)61)35-48-51(38-20-16-13-17-21-38)53-47(50(52(46)48)37-18-14-12-15-19-37)33-40-32-43(56(7,8)9)30-31-45(40)49(53)39-24-28-42(29-25-39)55(4,5)6/h12-35H,1-11H3. The zero-order valence-corrected chi connectivity index (χ0v) is 37.5. The number of halogens is 3. The molecule has 0 spiro atoms. The van der Waals surface area contributed by atoms with E-state index in [1.165, 1.54) is 25.0 Å². The van der Waals surface area contributed by atoms with Crippen LogP contribution < -0.4 is 0 Å². The van der Waals surface area contributed by atoms with E-state index in [1.807, 2.05) is 36.4 Å². The van der Waals surface area contributed by atoms with E-state index in [2.05, 4.69) is 172 Å². The molecular weight excluding hydrogens is 754 g/mol. The molecule has 0 saturated heterocycles. The van der Waals surface area contributed by atoms with Gasteiger partial charge in [-0.2, -0.15) is 13.2 Å². The lowest BCUT2D eigenvalue weighted by Crippen LogP contribution is -2.36. The van der Waals surface area contributed by atoms with Gasteiger partial charge in [0, 0.05) is 0 Å². The second kappa shape index (κ2) is 14.8. The Kier molecular flexibility index (Phi) is 10.2. The summed E-state index contributed by atoms with van der Waals surface area (Å²) in [6.45, 7) is 22.6. The fourth-order valence-corrected chi connectivity index (χ4v) is 8.86. The molecule has 0 heterocycles. The van der Waals surface area contributed by atoms with Crippen LogP contribution in [0.3, 0.4) is 0 Å². The number of hydrogen-bond donors (Lipinski definition) is 0. The molecule has 0 aliphatic rings. The van der Waals surface area contributed by atoms with E-state index in [0.717, 1.165) is 82.4 Å². The van der Waals surface area contributed by atoms with Gasteiger partial charge in [-0.1, -0.05) is 190 Å². The van der Waals surface area contributed by atoms with Crippen molar-refractivity contribution in [2.45, 2.75) is 104 Å². The molecule has 61 heavy (non-hydrogen) atoms. The summed E-state index contributed by atoms with van der Waals surface area (Å²) in [5.41, 5.74) is 9.16. The summed E-state index contributed by atoms with van der Waals surface area (Å²) < 4.78 is 46.1. The van der Waals surface area contributed by atoms with Gasteiger partial charge < -0.3 is 0 Å². The Hall–Kier alpha value is -5.67. The van der Waals surface area contributed by atoms with Gasteiger partial charge in [-0.15, -0.1) is 0 Å². The van der Waals surface area contributed by atoms with Crippen LogP contribution in [0.25, 0.3) is 76.8 Å². The molecule has 310 valence electrons. The van der Waals surface area contributed by atoms with Crippen LogP contribution in [-0.2, 0) is 21.7 Å². The Labute approximate surface area is 360 Å². The molecule has 0 atom stereocenters. The quantitative estimate of drug-likeness (QED) is 0.152. The highest BCUT2D eigenvalue weighted by Gasteiger charge is 2.49. The molecule has 0 radical (unpaired) electrons. The molecule has 0 aliphatic heterocycles. The maximum Gasteiger partial charge on any atom is 0.397 e. The highest BCUT2D eigenvalue weighted by Crippen LogP contribution is 2.54. The highest BCUT2D eigenvalue weighted by atomic mass is 19.4. The first-order chi connectivity index (χ1) is 28.6. The molecular formula is C58H57F3. The maximum atomic E-state index is 15.4. The Morgan fingerprint density at radius 1 is 0.328 bits per heavy atom. The van der Waals surface area contributed by atoms with Crippen molar-refractivity contribution < 1.29 is 13.2 Å². The first-order valence-electron chi connectivity index (χ1n) is 21.5. The largest absolute Gasteiger partial charge is 0.397 e. The van der Waals surface area contributed by atoms with Crippen LogP contribution in [0.15, 0.2) is 146 Å². The number of alkyl halides is 3. The maximum absolute atomic E-state index is 15.4. The molecule has 0 saturated carbocycles. The molecule has 0 aromatic heterocycles. The summed E-state index contributed by atoms with van der Waals surface area (Å²) in [6.07, 6.45) is -4.50. The van der Waals surface area contributed by atoms with Crippen molar-refractivity contribution in [3.63, 3.8) is 0 Å². The van der Waals surface area contributed by atoms with Gasteiger partial charge >= 0.3 is 6.18 Å². The van der Waals surface area contributed by atoms with Crippen molar-refractivity contribution in [3.05, 3.63) is 168 Å². The molecule has 8 rings (SSSR count). The van der Waals surface area contributed by atoms with Gasteiger partial charge in [-0.05, 0) is 147 Å². The minimum atomic E-state index is -4.50. The van der Waals surface area contributed by atoms with Crippen LogP contribution in [0.2, 0.25) is 0 Å². The van der Waals surface area contributed by atoms with Crippen LogP contribution in [0.1, 0.15) is 98.4 Å². The number of hydrogen-bond acceptors (Lipinski definition) is 0. The molecule has 0 amide bonds. The summed E-state index contributed by atoms with van der Waals surface area (Å²) in [4.78, 5) is 0. The summed E-state index contributed by atoms with van der Waals surface area (Å²) in [5, 5.41) is 6.03. The van der Waals surface area contributed by atoms with Crippen molar-refractivity contribution in [2.24, 2.45) is 0 Å². The van der Waals surface area contributed by atoms with E-state index in [0.29, 0.717) is 0 Å². The predicted molar refractivity (Wildman–Crippen MR) is 256 cm³/mol. The second-order valence-electron chi connectivity index (χ2n) is 20.6. The first kappa shape index (κ1) is 42.0. The van der Waals surface area contributed by atoms with Crippen molar-refractivity contribution >= 4 is 32.3 Å². The van der Waals surface area contributed by atoms with Crippen LogP contribution in [-0.4, -0.2) is 6.18 Å². The van der Waals surface area contributed by atoms with Crippen LogP contribution in [0.5, 0.6) is 0 Å². The lowest BCUT2D eigenvalue weighted by molar-refractivity contribution is -0.180. The summed E-state index contributed by atoms with van der Waals surface area (Å²) in [5.74, 6) is 0. The van der Waals surface area contributed by atoms with E-state index in [4.69, 9.17) is 0 Å². The number of benzene rings is 8. The predicted octanol–water partition coefficient (Wildman–Crippen LogP) is 17.5. The van der Waals surface area contributed by atoms with Crippen LogP contribution in [0.4, 0.5) is 13.2 Å². The molecule has 0 aliphatic carbocycles. The van der Waals surface area contributed by atoms with Gasteiger partial charge in [0.15, 0.2) is 0 Å². The van der Waals surface area contributed by atoms with Gasteiger partial charge in [0.1, 0.15) is 0 Å². The Bertz CT molecular complexity index is 2910. The van der Waals surface area contributed by atoms with Gasteiger partial charge in [-0.3, -0.25) is 0 Å². The molecule has 8 aromatic carbocycles. The topological polar surface area (TPSA) is 0 Å². The molecule has 3 heteroatoms. The normalized spacial score (nSPS) is 13.1. The Morgan fingerprint density at radius 3 is 1.21 bits per heavy atom. The molecule has 0 N–H and O–H groups in total. The summed E-state index contributed by atoms with van der Waals surface area (Å²) >= 11 is 0. The van der Waals surface area contributed by atoms with Gasteiger partial charge in [0.05, 0.1) is 5.41 Å². The minimum absolute atomic E-state index is 0.0456. The highest BCUT2D eigenvalue weighted by molar-refractivity contribution is 6.31. The summed E-state index contributed by atoms with van der Waals surface area (Å²) in [6, 6.07) is 50.9. The second-order valence-corrected chi connectivity index (χ2v) is 20.6. The summed E-state index contributed by atoms with van der Waals surface area (Å²) in [7, 11) is 0. The number of rotatable bonds is 5. The minimum Gasteiger partial charge on any atom is -0.170 e. The third-order valence-electron chi connectivity index (χ3n) is 12.8. The third-order valence-corrected chi connectivity index (χ3v) is 12.8. The molecule has 0 bridgehead atoms. The lowest BCUT2D eigenvalue weighted by atomic mass is 9.75. The van der Waals surface area contributed by atoms with Crippen molar-refractivity contribution in [1.29, 1.82) is 0 Å². The Balaban J connectivity index is 1.70. The van der Waals surface area contributed by atoms with Crippen LogP contribution >= 0.6 is 0 Å². The van der Waals surface area contributed by atoms with Gasteiger partial charge in [0.25, 0.3) is 0 Å². The van der Waals surface area contributed by atoms with Crippen molar-refractivity contribution in [3.8, 4) is 44.5 Å². The van der Waals surface area contributed by atoms with Crippen LogP contribution in [0, 0.1) is 0 Å². The fourth-order valence-electron chi connectivity index (χ4n) is 8.86. The fraction of sp³-hybridized carbons (Fsp3) is 0.276. The average Bonchev–Trinajstić information content (AvgIpc) is 3.20. The average molecular weight is 811 g/mol.